The first-order valence-electron chi connectivity index (χ1n) is 6.97. The van der Waals surface area contributed by atoms with E-state index in [1.54, 1.807) is 6.92 Å². The summed E-state index contributed by atoms with van der Waals surface area (Å²) in [5, 5.41) is 12.2. The van der Waals surface area contributed by atoms with Crippen molar-refractivity contribution in [1.29, 1.82) is 0 Å². The zero-order valence-electron chi connectivity index (χ0n) is 13.3. The van der Waals surface area contributed by atoms with Crippen molar-refractivity contribution in [2.45, 2.75) is 13.3 Å². The number of carbonyl (C=O) groups excluding carboxylic acids is 1. The number of hydrogen-bond acceptors (Lipinski definition) is 6. The molecule has 24 heavy (non-hydrogen) atoms. The molecule has 1 amide bonds. The van der Waals surface area contributed by atoms with Crippen LogP contribution in [0.4, 0.5) is 0 Å². The molecule has 0 aliphatic heterocycles. The summed E-state index contributed by atoms with van der Waals surface area (Å²) in [6.45, 7) is 1.81. The van der Waals surface area contributed by atoms with Crippen LogP contribution < -0.4 is 16.6 Å². The first-order valence-corrected chi connectivity index (χ1v) is 7.79. The van der Waals surface area contributed by atoms with Gasteiger partial charge in [-0.2, -0.15) is 0 Å². The predicted octanol–water partition coefficient (Wildman–Crippen LogP) is -0.480. The molecule has 0 aromatic carbocycles. The van der Waals surface area contributed by atoms with Crippen LogP contribution in [0.15, 0.2) is 15.7 Å². The molecule has 0 saturated carbocycles. The summed E-state index contributed by atoms with van der Waals surface area (Å²) < 4.78 is 2.00. The number of nitrogens with one attached hydrogen (secondary N) is 1. The number of rotatable bonds is 5. The minimum Gasteiger partial charge on any atom is -0.477 e. The van der Waals surface area contributed by atoms with E-state index < -0.39 is 23.1 Å². The van der Waals surface area contributed by atoms with Crippen molar-refractivity contribution in [3.05, 3.63) is 48.2 Å². The lowest BCUT2D eigenvalue weighted by atomic mass is 10.3. The lowest BCUT2D eigenvalue weighted by Gasteiger charge is -2.09. The van der Waals surface area contributed by atoms with Crippen molar-refractivity contribution in [3.63, 3.8) is 0 Å². The summed E-state index contributed by atoms with van der Waals surface area (Å²) in [5.41, 5.74) is -0.758. The molecule has 0 bridgehead atoms. The van der Waals surface area contributed by atoms with Gasteiger partial charge in [0.1, 0.15) is 10.6 Å². The molecule has 9 nitrogen and oxygen atoms in total. The highest BCUT2D eigenvalue weighted by molar-refractivity contribution is 7.13. The molecule has 2 aromatic heterocycles. The van der Waals surface area contributed by atoms with Crippen LogP contribution in [0.2, 0.25) is 0 Å². The SMILES string of the molecule is Cc1nc(CCNC(=O)c2cc(=O)n(C)c(=O)n2C)sc1C(=O)O. The van der Waals surface area contributed by atoms with Crippen LogP contribution in [0.25, 0.3) is 0 Å². The number of amides is 1. The van der Waals surface area contributed by atoms with E-state index in [0.29, 0.717) is 17.1 Å². The average molecular weight is 352 g/mol. The number of thiazole rings is 1. The van der Waals surface area contributed by atoms with E-state index in [9.17, 15) is 19.2 Å². The van der Waals surface area contributed by atoms with E-state index in [1.807, 2.05) is 0 Å². The molecule has 2 N–H and O–H groups in total. The van der Waals surface area contributed by atoms with Crippen molar-refractivity contribution in [1.82, 2.24) is 19.4 Å². The number of nitrogens with zero attached hydrogens (tertiary/aromatic N) is 3. The number of aryl methyl sites for hydroxylation is 1. The van der Waals surface area contributed by atoms with Gasteiger partial charge in [-0.25, -0.2) is 14.6 Å². The normalized spacial score (nSPS) is 10.6. The second kappa shape index (κ2) is 6.79. The van der Waals surface area contributed by atoms with Gasteiger partial charge in [0.25, 0.3) is 11.5 Å². The van der Waals surface area contributed by atoms with Crippen LogP contribution in [0.3, 0.4) is 0 Å². The van der Waals surface area contributed by atoms with Gasteiger partial charge in [-0.05, 0) is 6.92 Å². The topological polar surface area (TPSA) is 123 Å². The quantitative estimate of drug-likeness (QED) is 0.749. The van der Waals surface area contributed by atoms with Crippen molar-refractivity contribution in [2.75, 3.05) is 6.54 Å². The van der Waals surface area contributed by atoms with Gasteiger partial charge in [-0.3, -0.25) is 18.7 Å². The van der Waals surface area contributed by atoms with Gasteiger partial charge < -0.3 is 10.4 Å². The standard InChI is InChI=1S/C14H16N4O5S/c1-7-11(13(21)22)24-9(16-7)4-5-15-12(20)8-6-10(19)18(3)14(23)17(8)2/h6H,4-5H2,1-3H3,(H,15,20)(H,21,22). The Morgan fingerprint density at radius 2 is 1.96 bits per heavy atom. The number of hydrogen-bond donors (Lipinski definition) is 2. The number of carbonyl (C=O) groups is 2. The highest BCUT2D eigenvalue weighted by Crippen LogP contribution is 2.18. The second-order valence-electron chi connectivity index (χ2n) is 5.10. The summed E-state index contributed by atoms with van der Waals surface area (Å²) in [7, 11) is 2.73. The number of aromatic carboxylic acids is 1. The summed E-state index contributed by atoms with van der Waals surface area (Å²) >= 11 is 1.05. The lowest BCUT2D eigenvalue weighted by Crippen LogP contribution is -2.41. The van der Waals surface area contributed by atoms with Crippen LogP contribution in [0.5, 0.6) is 0 Å². The van der Waals surface area contributed by atoms with E-state index in [0.717, 1.165) is 26.5 Å². The Morgan fingerprint density at radius 3 is 2.54 bits per heavy atom. The minimum absolute atomic E-state index is 0.0374. The summed E-state index contributed by atoms with van der Waals surface area (Å²) in [5.74, 6) is -1.59. The van der Waals surface area contributed by atoms with Crippen molar-refractivity contribution < 1.29 is 14.7 Å². The summed E-state index contributed by atoms with van der Waals surface area (Å²) in [6.07, 6.45) is 0.351. The molecule has 0 aliphatic carbocycles. The zero-order chi connectivity index (χ0) is 18.0. The Labute approximate surface area is 140 Å². The molecule has 0 atom stereocenters. The Kier molecular flexibility index (Phi) is 4.98. The maximum atomic E-state index is 12.1. The van der Waals surface area contributed by atoms with Gasteiger partial charge in [0.2, 0.25) is 0 Å². The molecule has 0 saturated heterocycles. The van der Waals surface area contributed by atoms with E-state index >= 15 is 0 Å². The molecular formula is C14H16N4O5S. The van der Waals surface area contributed by atoms with Crippen molar-refractivity contribution >= 4 is 23.2 Å². The fourth-order valence-electron chi connectivity index (χ4n) is 2.08. The predicted molar refractivity (Wildman–Crippen MR) is 86.8 cm³/mol. The van der Waals surface area contributed by atoms with Crippen LogP contribution in [0, 0.1) is 6.92 Å². The number of aromatic nitrogens is 3. The average Bonchev–Trinajstić information content (AvgIpc) is 2.89. The third kappa shape index (κ3) is 3.43. The molecule has 2 aromatic rings. The Bertz CT molecular complexity index is 924. The minimum atomic E-state index is -1.03. The smallest absolute Gasteiger partial charge is 0.347 e. The van der Waals surface area contributed by atoms with E-state index in [-0.39, 0.29) is 17.1 Å². The number of carboxylic acids is 1. The maximum Gasteiger partial charge on any atom is 0.347 e. The molecule has 128 valence electrons. The monoisotopic (exact) mass is 352 g/mol. The van der Waals surface area contributed by atoms with Gasteiger partial charge in [0.15, 0.2) is 0 Å². The highest BCUT2D eigenvalue weighted by atomic mass is 32.1. The van der Waals surface area contributed by atoms with Gasteiger partial charge in [0.05, 0.1) is 10.7 Å². The van der Waals surface area contributed by atoms with Crippen molar-refractivity contribution in [2.24, 2.45) is 14.1 Å². The van der Waals surface area contributed by atoms with Crippen LogP contribution in [-0.2, 0) is 20.5 Å². The van der Waals surface area contributed by atoms with Crippen molar-refractivity contribution in [3.8, 4) is 0 Å². The second-order valence-corrected chi connectivity index (χ2v) is 6.19. The van der Waals surface area contributed by atoms with Crippen LogP contribution in [0.1, 0.15) is 30.9 Å². The first kappa shape index (κ1) is 17.6. The molecule has 0 aliphatic rings. The summed E-state index contributed by atoms with van der Waals surface area (Å²) in [6, 6.07) is 1.09. The third-order valence-corrected chi connectivity index (χ3v) is 4.62. The van der Waals surface area contributed by atoms with Crippen LogP contribution >= 0.6 is 11.3 Å². The van der Waals surface area contributed by atoms with E-state index in [2.05, 4.69) is 10.3 Å². The molecule has 10 heteroatoms. The molecule has 2 heterocycles. The fourth-order valence-corrected chi connectivity index (χ4v) is 2.98. The number of carboxylic acid groups (broad SMARTS) is 1. The first-order chi connectivity index (χ1) is 11.2. The molecule has 0 radical (unpaired) electrons. The summed E-state index contributed by atoms with van der Waals surface area (Å²) in [4.78, 5) is 50.8. The Morgan fingerprint density at radius 1 is 1.29 bits per heavy atom. The van der Waals surface area contributed by atoms with E-state index in [4.69, 9.17) is 5.11 Å². The van der Waals surface area contributed by atoms with Gasteiger partial charge in [-0.15, -0.1) is 11.3 Å². The third-order valence-electron chi connectivity index (χ3n) is 3.42. The molecule has 0 unspecified atom stereocenters. The molecular weight excluding hydrogens is 336 g/mol. The lowest BCUT2D eigenvalue weighted by molar-refractivity contribution is 0.0701. The highest BCUT2D eigenvalue weighted by Gasteiger charge is 2.15. The van der Waals surface area contributed by atoms with Gasteiger partial charge in [0, 0.05) is 33.1 Å². The Balaban J connectivity index is 2.07. The zero-order valence-corrected chi connectivity index (χ0v) is 14.1. The maximum absolute atomic E-state index is 12.1. The fraction of sp³-hybridized carbons (Fsp3) is 0.357. The largest absolute Gasteiger partial charge is 0.477 e. The Hall–Kier alpha value is -2.75. The van der Waals surface area contributed by atoms with Gasteiger partial charge in [-0.1, -0.05) is 0 Å². The van der Waals surface area contributed by atoms with Gasteiger partial charge >= 0.3 is 11.7 Å². The van der Waals surface area contributed by atoms with E-state index in [1.165, 1.54) is 14.1 Å². The molecule has 0 spiro atoms. The molecule has 2 rings (SSSR count). The molecule has 0 fully saturated rings. The van der Waals surface area contributed by atoms with Crippen LogP contribution in [-0.4, -0.2) is 37.6 Å².